The predicted octanol–water partition coefficient (Wildman–Crippen LogP) is 3.70. The Bertz CT molecular complexity index is 575. The average Bonchev–Trinajstić information content (AvgIpc) is 2.63. The van der Waals surface area contributed by atoms with Gasteiger partial charge in [0.25, 0.3) is 0 Å². The maximum absolute atomic E-state index is 11.4. The number of likely N-dealkylation sites (tertiary alicyclic amines) is 1. The molecule has 2 nitrogen and oxygen atoms in total. The molecule has 1 heterocycles. The van der Waals surface area contributed by atoms with E-state index in [2.05, 4.69) is 74.6 Å². The largest absolute Gasteiger partial charge is 0.389 e. The second-order valence-corrected chi connectivity index (χ2v) is 7.41. The molecule has 2 heteroatoms. The van der Waals surface area contributed by atoms with Crippen molar-refractivity contribution in [1.29, 1.82) is 0 Å². The highest BCUT2D eigenvalue weighted by Gasteiger charge is 2.45. The molecule has 2 aromatic rings. The van der Waals surface area contributed by atoms with Gasteiger partial charge in [0.2, 0.25) is 0 Å². The van der Waals surface area contributed by atoms with Crippen molar-refractivity contribution < 1.29 is 10.0 Å². The van der Waals surface area contributed by atoms with Crippen molar-refractivity contribution >= 4 is 0 Å². The van der Waals surface area contributed by atoms with E-state index < -0.39 is 5.60 Å². The summed E-state index contributed by atoms with van der Waals surface area (Å²) < 4.78 is 0. The number of aliphatic hydroxyl groups is 1. The minimum Gasteiger partial charge on any atom is -0.389 e. The summed E-state index contributed by atoms with van der Waals surface area (Å²) in [5.74, 6) is 0. The fraction of sp³-hybridized carbons (Fsp3) is 0.455. The van der Waals surface area contributed by atoms with E-state index in [0.717, 1.165) is 32.1 Å². The Morgan fingerprint density at radius 2 is 1.38 bits per heavy atom. The Morgan fingerprint density at radius 3 is 1.79 bits per heavy atom. The number of unbranched alkanes of at least 4 members (excludes halogenated alkanes) is 1. The number of piperidine rings is 1. The normalized spacial score (nSPS) is 30.2. The Kier molecular flexibility index (Phi) is 5.37. The number of nitrogens with one attached hydrogen (secondary N) is 1. The fourth-order valence-electron chi connectivity index (χ4n) is 4.25. The van der Waals surface area contributed by atoms with Crippen LogP contribution in [0.25, 0.3) is 0 Å². The molecule has 2 N–H and O–H groups in total. The molecule has 0 aromatic heterocycles. The Morgan fingerprint density at radius 1 is 0.917 bits per heavy atom. The van der Waals surface area contributed by atoms with E-state index in [1.54, 1.807) is 0 Å². The maximum Gasteiger partial charge on any atom is 0.116 e. The first-order valence-corrected chi connectivity index (χ1v) is 9.28. The lowest BCUT2D eigenvalue weighted by Crippen LogP contribution is -3.11. The fourth-order valence-corrected chi connectivity index (χ4v) is 4.25. The molecule has 1 fully saturated rings. The van der Waals surface area contributed by atoms with Crippen LogP contribution in [-0.2, 0) is 0 Å². The van der Waals surface area contributed by atoms with Crippen molar-refractivity contribution in [3.63, 3.8) is 0 Å². The highest BCUT2D eigenvalue weighted by Crippen LogP contribution is 2.37. The lowest BCUT2D eigenvalue weighted by atomic mass is 9.75. The third-order valence-corrected chi connectivity index (χ3v) is 5.67. The van der Waals surface area contributed by atoms with Crippen molar-refractivity contribution in [2.24, 2.45) is 0 Å². The van der Waals surface area contributed by atoms with E-state index >= 15 is 0 Å². The van der Waals surface area contributed by atoms with Gasteiger partial charge in [0, 0.05) is 24.0 Å². The Labute approximate surface area is 146 Å². The molecule has 0 spiro atoms. The molecule has 2 atom stereocenters. The van der Waals surface area contributed by atoms with E-state index in [0.29, 0.717) is 12.1 Å². The van der Waals surface area contributed by atoms with E-state index in [1.165, 1.54) is 16.0 Å². The average molecular weight is 324 g/mol. The summed E-state index contributed by atoms with van der Waals surface area (Å²) in [5.41, 5.74) is 2.12. The topological polar surface area (TPSA) is 24.7 Å². The standard InChI is InChI=1S/C22H29NO/c1-3-4-15-22(24)16-20(18-11-7-5-8-12-18)23(2)21(17-22)19-13-9-6-10-14-19/h5-14,20-21,24H,3-4,15-17H2,1-2H3/p+1/t20-,21-/m0/s1. The van der Waals surface area contributed by atoms with Gasteiger partial charge in [-0.05, 0) is 6.42 Å². The van der Waals surface area contributed by atoms with Crippen LogP contribution in [0.5, 0.6) is 0 Å². The maximum atomic E-state index is 11.4. The second kappa shape index (κ2) is 7.50. The van der Waals surface area contributed by atoms with Crippen LogP contribution in [0.3, 0.4) is 0 Å². The van der Waals surface area contributed by atoms with Crippen LogP contribution >= 0.6 is 0 Å². The summed E-state index contributed by atoms with van der Waals surface area (Å²) in [6.07, 6.45) is 4.84. The molecule has 1 aliphatic rings. The number of benzene rings is 2. The van der Waals surface area contributed by atoms with Crippen molar-refractivity contribution in [3.05, 3.63) is 71.8 Å². The third kappa shape index (κ3) is 3.71. The quantitative estimate of drug-likeness (QED) is 0.861. The summed E-state index contributed by atoms with van der Waals surface area (Å²) >= 11 is 0. The molecule has 0 amide bonds. The summed E-state index contributed by atoms with van der Waals surface area (Å²) in [5, 5.41) is 11.4. The van der Waals surface area contributed by atoms with Crippen LogP contribution in [0, 0.1) is 0 Å². The van der Waals surface area contributed by atoms with E-state index in [4.69, 9.17) is 0 Å². The first-order valence-electron chi connectivity index (χ1n) is 9.28. The van der Waals surface area contributed by atoms with Gasteiger partial charge in [0.05, 0.1) is 12.6 Å². The zero-order chi connectivity index (χ0) is 17.0. The van der Waals surface area contributed by atoms with Crippen LogP contribution in [-0.4, -0.2) is 17.8 Å². The molecule has 1 aliphatic heterocycles. The molecule has 0 saturated carbocycles. The van der Waals surface area contributed by atoms with Crippen molar-refractivity contribution in [2.75, 3.05) is 7.05 Å². The smallest absolute Gasteiger partial charge is 0.116 e. The zero-order valence-electron chi connectivity index (χ0n) is 14.9. The SMILES string of the molecule is CCCCC1(O)C[C@@H](c2ccccc2)[NH+](C)[C@H](c2ccccc2)C1. The number of rotatable bonds is 5. The Balaban J connectivity index is 1.94. The van der Waals surface area contributed by atoms with Crippen LogP contribution < -0.4 is 4.90 Å². The molecular formula is C22H30NO+. The molecule has 1 saturated heterocycles. The molecular weight excluding hydrogens is 294 g/mol. The zero-order valence-corrected chi connectivity index (χ0v) is 14.9. The molecule has 0 aliphatic carbocycles. The lowest BCUT2D eigenvalue weighted by molar-refractivity contribution is -0.952. The molecule has 2 aromatic carbocycles. The van der Waals surface area contributed by atoms with Gasteiger partial charge in [-0.25, -0.2) is 0 Å². The molecule has 0 radical (unpaired) electrons. The summed E-state index contributed by atoms with van der Waals surface area (Å²) in [7, 11) is 2.29. The minimum absolute atomic E-state index is 0.340. The second-order valence-electron chi connectivity index (χ2n) is 7.41. The predicted molar refractivity (Wildman–Crippen MR) is 99.0 cm³/mol. The summed E-state index contributed by atoms with van der Waals surface area (Å²) in [4.78, 5) is 1.49. The van der Waals surface area contributed by atoms with Gasteiger partial charge in [-0.2, -0.15) is 0 Å². The monoisotopic (exact) mass is 324 g/mol. The van der Waals surface area contributed by atoms with E-state index in [1.807, 2.05) is 0 Å². The highest BCUT2D eigenvalue weighted by atomic mass is 16.3. The molecule has 24 heavy (non-hydrogen) atoms. The van der Waals surface area contributed by atoms with Gasteiger partial charge in [-0.15, -0.1) is 0 Å². The lowest BCUT2D eigenvalue weighted by Gasteiger charge is -2.45. The van der Waals surface area contributed by atoms with E-state index in [9.17, 15) is 5.11 Å². The van der Waals surface area contributed by atoms with Gasteiger partial charge >= 0.3 is 0 Å². The van der Waals surface area contributed by atoms with Gasteiger partial charge in [-0.3, -0.25) is 0 Å². The molecule has 3 rings (SSSR count). The van der Waals surface area contributed by atoms with Crippen molar-refractivity contribution in [2.45, 2.75) is 56.7 Å². The first-order chi connectivity index (χ1) is 11.6. The number of hydrogen-bond acceptors (Lipinski definition) is 1. The van der Waals surface area contributed by atoms with Gasteiger partial charge in [0.15, 0.2) is 0 Å². The Hall–Kier alpha value is -1.64. The number of hydrogen-bond donors (Lipinski definition) is 2. The molecule has 0 unspecified atom stereocenters. The molecule has 0 bridgehead atoms. The summed E-state index contributed by atoms with van der Waals surface area (Å²) in [6.45, 7) is 2.20. The van der Waals surface area contributed by atoms with Crippen molar-refractivity contribution in [1.82, 2.24) is 0 Å². The van der Waals surface area contributed by atoms with Gasteiger partial charge in [-0.1, -0.05) is 80.4 Å². The van der Waals surface area contributed by atoms with Crippen LogP contribution in [0.15, 0.2) is 60.7 Å². The van der Waals surface area contributed by atoms with Crippen LogP contribution in [0.4, 0.5) is 0 Å². The third-order valence-electron chi connectivity index (χ3n) is 5.67. The minimum atomic E-state index is -0.559. The first kappa shape index (κ1) is 17.2. The van der Waals surface area contributed by atoms with Crippen LogP contribution in [0.2, 0.25) is 0 Å². The summed E-state index contributed by atoms with van der Waals surface area (Å²) in [6, 6.07) is 22.1. The van der Waals surface area contributed by atoms with Crippen LogP contribution in [0.1, 0.15) is 62.2 Å². The van der Waals surface area contributed by atoms with Crippen molar-refractivity contribution in [3.8, 4) is 0 Å². The molecule has 128 valence electrons. The van der Waals surface area contributed by atoms with Gasteiger partial charge < -0.3 is 10.0 Å². The number of quaternary nitrogens is 1. The highest BCUT2D eigenvalue weighted by molar-refractivity contribution is 5.22. The van der Waals surface area contributed by atoms with Gasteiger partial charge in [0.1, 0.15) is 12.1 Å². The van der Waals surface area contributed by atoms with E-state index in [-0.39, 0.29) is 0 Å².